The molecule has 0 saturated carbocycles. The van der Waals surface area contributed by atoms with E-state index in [2.05, 4.69) is 10.3 Å². The van der Waals surface area contributed by atoms with Gasteiger partial charge in [-0.3, -0.25) is 4.98 Å². The van der Waals surface area contributed by atoms with Crippen LogP contribution in [0.1, 0.15) is 31.9 Å². The van der Waals surface area contributed by atoms with Gasteiger partial charge in [0.05, 0.1) is 12.2 Å². The summed E-state index contributed by atoms with van der Waals surface area (Å²) in [6, 6.07) is 11.7. The van der Waals surface area contributed by atoms with Crippen molar-refractivity contribution >= 4 is 6.09 Å². The molecule has 0 aliphatic heterocycles. The molecule has 1 unspecified atom stereocenters. The molecule has 5 nitrogen and oxygen atoms in total. The fraction of sp³-hybridized carbons (Fsp3) is 0.400. The third kappa shape index (κ3) is 7.25. The third-order valence-electron chi connectivity index (χ3n) is 3.35. The highest BCUT2D eigenvalue weighted by Gasteiger charge is 2.20. The average Bonchev–Trinajstić information content (AvgIpc) is 2.52. The molecule has 0 spiro atoms. The second-order valence-electron chi connectivity index (χ2n) is 7.04. The SMILES string of the molecule is Cc1cncc(OCC(Cc2ccccc2)NC(=O)OC(C)(C)C)c1. The first-order chi connectivity index (χ1) is 11.8. The van der Waals surface area contributed by atoms with Gasteiger partial charge in [0.1, 0.15) is 18.0 Å². The van der Waals surface area contributed by atoms with Gasteiger partial charge in [0.25, 0.3) is 0 Å². The highest BCUT2D eigenvalue weighted by atomic mass is 16.6. The summed E-state index contributed by atoms with van der Waals surface area (Å²) in [7, 11) is 0. The van der Waals surface area contributed by atoms with E-state index in [1.165, 1.54) is 0 Å². The summed E-state index contributed by atoms with van der Waals surface area (Å²) < 4.78 is 11.2. The topological polar surface area (TPSA) is 60.5 Å². The average molecular weight is 342 g/mol. The summed E-state index contributed by atoms with van der Waals surface area (Å²) in [5.41, 5.74) is 1.61. The van der Waals surface area contributed by atoms with Gasteiger partial charge in [0, 0.05) is 6.20 Å². The lowest BCUT2D eigenvalue weighted by Crippen LogP contribution is -2.43. The molecule has 1 aromatic heterocycles. The van der Waals surface area contributed by atoms with Crippen LogP contribution in [0.3, 0.4) is 0 Å². The number of benzene rings is 1. The minimum absolute atomic E-state index is 0.210. The molecule has 0 aliphatic carbocycles. The number of alkyl carbamates (subject to hydrolysis) is 1. The van der Waals surface area contributed by atoms with Gasteiger partial charge < -0.3 is 14.8 Å². The summed E-state index contributed by atoms with van der Waals surface area (Å²) in [4.78, 5) is 16.2. The van der Waals surface area contributed by atoms with Gasteiger partial charge in [-0.2, -0.15) is 0 Å². The molecule has 2 aromatic rings. The van der Waals surface area contributed by atoms with Crippen molar-refractivity contribution in [2.45, 2.75) is 45.8 Å². The Balaban J connectivity index is 2.01. The number of pyridine rings is 1. The van der Waals surface area contributed by atoms with E-state index < -0.39 is 11.7 Å². The predicted molar refractivity (Wildman–Crippen MR) is 97.8 cm³/mol. The molecule has 0 fully saturated rings. The molecule has 0 bridgehead atoms. The first-order valence-corrected chi connectivity index (χ1v) is 8.40. The number of aryl methyl sites for hydroxylation is 1. The van der Waals surface area contributed by atoms with Crippen LogP contribution in [0.4, 0.5) is 4.79 Å². The van der Waals surface area contributed by atoms with Crippen LogP contribution in [0.15, 0.2) is 48.8 Å². The molecule has 1 aromatic carbocycles. The van der Waals surface area contributed by atoms with Crippen LogP contribution in [0.2, 0.25) is 0 Å². The zero-order valence-electron chi connectivity index (χ0n) is 15.3. The summed E-state index contributed by atoms with van der Waals surface area (Å²) >= 11 is 0. The second-order valence-corrected chi connectivity index (χ2v) is 7.04. The number of ether oxygens (including phenoxy) is 2. The summed E-state index contributed by atoms with van der Waals surface area (Å²) in [5, 5.41) is 2.90. The lowest BCUT2D eigenvalue weighted by molar-refractivity contribution is 0.0487. The number of nitrogens with zero attached hydrogens (tertiary/aromatic N) is 1. The maximum absolute atomic E-state index is 12.1. The number of amides is 1. The Hall–Kier alpha value is -2.56. The number of carbonyl (C=O) groups excluding carboxylic acids is 1. The van der Waals surface area contributed by atoms with Gasteiger partial charge in [0.15, 0.2) is 0 Å². The minimum atomic E-state index is -0.539. The Morgan fingerprint density at radius 1 is 1.20 bits per heavy atom. The molecule has 1 heterocycles. The van der Waals surface area contributed by atoms with E-state index in [9.17, 15) is 4.79 Å². The van der Waals surface area contributed by atoms with Gasteiger partial charge >= 0.3 is 6.09 Å². The highest BCUT2D eigenvalue weighted by Crippen LogP contribution is 2.13. The molecule has 2 rings (SSSR count). The van der Waals surface area contributed by atoms with Gasteiger partial charge in [0.2, 0.25) is 0 Å². The Kier molecular flexibility index (Phi) is 6.39. The Labute approximate surface area is 149 Å². The first kappa shape index (κ1) is 18.8. The maximum Gasteiger partial charge on any atom is 0.408 e. The van der Waals surface area contributed by atoms with E-state index in [-0.39, 0.29) is 6.04 Å². The lowest BCUT2D eigenvalue weighted by Gasteiger charge is -2.24. The van der Waals surface area contributed by atoms with E-state index in [1.54, 1.807) is 12.4 Å². The molecule has 0 saturated heterocycles. The molecule has 134 valence electrons. The number of hydrogen-bond acceptors (Lipinski definition) is 4. The van der Waals surface area contributed by atoms with Gasteiger partial charge in [-0.15, -0.1) is 0 Å². The van der Waals surface area contributed by atoms with Crippen molar-refractivity contribution in [2.75, 3.05) is 6.61 Å². The van der Waals surface area contributed by atoms with Crippen LogP contribution in [-0.4, -0.2) is 29.3 Å². The zero-order chi connectivity index (χ0) is 18.3. The Morgan fingerprint density at radius 2 is 1.92 bits per heavy atom. The minimum Gasteiger partial charge on any atom is -0.490 e. The fourth-order valence-corrected chi connectivity index (χ4v) is 2.33. The Morgan fingerprint density at radius 3 is 2.56 bits per heavy atom. The van der Waals surface area contributed by atoms with Gasteiger partial charge in [-0.1, -0.05) is 30.3 Å². The number of nitrogens with one attached hydrogen (secondary N) is 1. The smallest absolute Gasteiger partial charge is 0.408 e. The van der Waals surface area contributed by atoms with Crippen LogP contribution in [-0.2, 0) is 11.2 Å². The molecule has 1 atom stereocenters. The first-order valence-electron chi connectivity index (χ1n) is 8.40. The van der Waals surface area contributed by atoms with E-state index in [1.807, 2.05) is 64.1 Å². The van der Waals surface area contributed by atoms with Crippen LogP contribution >= 0.6 is 0 Å². The van der Waals surface area contributed by atoms with Crippen molar-refractivity contribution in [2.24, 2.45) is 0 Å². The van der Waals surface area contributed by atoms with Crippen molar-refractivity contribution in [1.82, 2.24) is 10.3 Å². The van der Waals surface area contributed by atoms with Gasteiger partial charge in [-0.05, 0) is 51.3 Å². The number of rotatable bonds is 6. The van der Waals surface area contributed by atoms with Crippen LogP contribution < -0.4 is 10.1 Å². The molecular formula is C20H26N2O3. The van der Waals surface area contributed by atoms with Crippen LogP contribution in [0.5, 0.6) is 5.75 Å². The number of hydrogen-bond donors (Lipinski definition) is 1. The number of carbonyl (C=O) groups is 1. The highest BCUT2D eigenvalue weighted by molar-refractivity contribution is 5.68. The molecule has 0 radical (unpaired) electrons. The second kappa shape index (κ2) is 8.51. The fourth-order valence-electron chi connectivity index (χ4n) is 2.33. The maximum atomic E-state index is 12.1. The van der Waals surface area contributed by atoms with Crippen LogP contribution in [0, 0.1) is 6.92 Å². The molecular weight excluding hydrogens is 316 g/mol. The van der Waals surface area contributed by atoms with Crippen molar-refractivity contribution in [1.29, 1.82) is 0 Å². The summed E-state index contributed by atoms with van der Waals surface area (Å²) in [6.07, 6.45) is 3.64. The Bertz CT molecular complexity index is 681. The van der Waals surface area contributed by atoms with E-state index >= 15 is 0 Å². The van der Waals surface area contributed by atoms with E-state index in [4.69, 9.17) is 9.47 Å². The molecule has 1 amide bonds. The van der Waals surface area contributed by atoms with Crippen molar-refractivity contribution < 1.29 is 14.3 Å². The van der Waals surface area contributed by atoms with E-state index in [0.29, 0.717) is 18.8 Å². The predicted octanol–water partition coefficient (Wildman–Crippen LogP) is 3.90. The monoisotopic (exact) mass is 342 g/mol. The lowest BCUT2D eigenvalue weighted by atomic mass is 10.1. The van der Waals surface area contributed by atoms with Crippen LogP contribution in [0.25, 0.3) is 0 Å². The molecule has 0 aliphatic rings. The normalized spacial score (nSPS) is 12.3. The largest absolute Gasteiger partial charge is 0.490 e. The quantitative estimate of drug-likeness (QED) is 0.865. The molecule has 5 heteroatoms. The van der Waals surface area contributed by atoms with Crippen molar-refractivity contribution in [3.63, 3.8) is 0 Å². The summed E-state index contributed by atoms with van der Waals surface area (Å²) in [5.74, 6) is 0.684. The van der Waals surface area contributed by atoms with E-state index in [0.717, 1.165) is 11.1 Å². The molecule has 25 heavy (non-hydrogen) atoms. The van der Waals surface area contributed by atoms with Gasteiger partial charge in [-0.25, -0.2) is 4.79 Å². The third-order valence-corrected chi connectivity index (χ3v) is 3.35. The van der Waals surface area contributed by atoms with Crippen molar-refractivity contribution in [3.8, 4) is 5.75 Å². The standard InChI is InChI=1S/C20H26N2O3/c1-15-10-18(13-21-12-15)24-14-17(11-16-8-6-5-7-9-16)22-19(23)25-20(2,3)4/h5-10,12-13,17H,11,14H2,1-4H3,(H,22,23). The zero-order valence-corrected chi connectivity index (χ0v) is 15.3. The van der Waals surface area contributed by atoms with Crippen molar-refractivity contribution in [3.05, 3.63) is 59.9 Å². The summed E-state index contributed by atoms with van der Waals surface area (Å²) in [6.45, 7) is 7.81. The number of aromatic nitrogens is 1. The molecule has 1 N–H and O–H groups in total.